The number of hydrogen-bond acceptors (Lipinski definition) is 6. The van der Waals surface area contributed by atoms with E-state index in [0.717, 1.165) is 67.4 Å². The smallest absolute Gasteiger partial charge is 0.407 e. The molecule has 6 rings (SSSR count). The number of imidazole rings is 1. The number of nitrogens with zero attached hydrogens (tertiary/aromatic N) is 5. The van der Waals surface area contributed by atoms with Gasteiger partial charge in [0.1, 0.15) is 0 Å². The number of carbonyl (C=O) groups excluding carboxylic acids is 2. The molecule has 1 aliphatic carbocycles. The number of methoxy groups -OCH3 is 1. The van der Waals surface area contributed by atoms with Crippen LogP contribution in [0.2, 0.25) is 0 Å². The molecule has 3 atom stereocenters. The van der Waals surface area contributed by atoms with Gasteiger partial charge in [0, 0.05) is 43.2 Å². The second kappa shape index (κ2) is 12.1. The molecule has 2 N–H and O–H groups in total. The van der Waals surface area contributed by atoms with Gasteiger partial charge in [0.2, 0.25) is 0 Å². The Morgan fingerprint density at radius 2 is 1.88 bits per heavy atom. The zero-order chi connectivity index (χ0) is 28.2. The highest BCUT2D eigenvalue weighted by Gasteiger charge is 2.35. The summed E-state index contributed by atoms with van der Waals surface area (Å²) in [6.07, 6.45) is 7.81. The van der Waals surface area contributed by atoms with Crippen LogP contribution in [0.15, 0.2) is 67.1 Å². The zero-order valence-corrected chi connectivity index (χ0v) is 23.4. The number of para-hydroxylation sites is 1. The van der Waals surface area contributed by atoms with Crippen LogP contribution >= 0.6 is 0 Å². The molecule has 214 valence electrons. The van der Waals surface area contributed by atoms with Crippen LogP contribution in [0.3, 0.4) is 0 Å². The van der Waals surface area contributed by atoms with Gasteiger partial charge in [0.25, 0.3) is 5.91 Å². The maximum absolute atomic E-state index is 14.3. The number of alkyl carbamates (subject to hydrolysis) is 1. The normalized spacial score (nSPS) is 21.1. The van der Waals surface area contributed by atoms with E-state index < -0.39 is 6.09 Å². The Labute approximate surface area is 239 Å². The molecule has 0 radical (unpaired) electrons. The third-order valence-corrected chi connectivity index (χ3v) is 8.46. The fraction of sp³-hybridized carbons (Fsp3) is 0.419. The Morgan fingerprint density at radius 3 is 2.73 bits per heavy atom. The van der Waals surface area contributed by atoms with Crippen molar-refractivity contribution in [2.75, 3.05) is 26.7 Å². The number of fused-ring (bicyclic) bond motifs is 1. The molecule has 0 unspecified atom stereocenters. The van der Waals surface area contributed by atoms with Gasteiger partial charge in [-0.15, -0.1) is 0 Å². The van der Waals surface area contributed by atoms with Gasteiger partial charge < -0.3 is 24.8 Å². The summed E-state index contributed by atoms with van der Waals surface area (Å²) < 4.78 is 9.04. The molecule has 3 heterocycles. The second-order valence-corrected chi connectivity index (χ2v) is 10.9. The summed E-state index contributed by atoms with van der Waals surface area (Å²) in [6, 6.07) is 18.0. The molecule has 2 fully saturated rings. The topological polar surface area (TPSA) is 106 Å². The summed E-state index contributed by atoms with van der Waals surface area (Å²) >= 11 is 0. The molecule has 10 nitrogen and oxygen atoms in total. The van der Waals surface area contributed by atoms with Crippen molar-refractivity contribution in [3.63, 3.8) is 0 Å². The molecule has 1 aliphatic heterocycles. The van der Waals surface area contributed by atoms with E-state index in [1.165, 1.54) is 7.11 Å². The zero-order valence-electron chi connectivity index (χ0n) is 23.4. The number of piperazine rings is 1. The third-order valence-electron chi connectivity index (χ3n) is 8.46. The van der Waals surface area contributed by atoms with Crippen molar-refractivity contribution in [1.29, 1.82) is 0 Å². The number of aryl methyl sites for hydroxylation is 1. The molecule has 0 bridgehead atoms. The summed E-state index contributed by atoms with van der Waals surface area (Å²) in [4.78, 5) is 33.2. The van der Waals surface area contributed by atoms with Gasteiger partial charge >= 0.3 is 6.09 Å². The number of amides is 2. The molecule has 4 aromatic rings. The van der Waals surface area contributed by atoms with Crippen LogP contribution in [-0.4, -0.2) is 75.1 Å². The van der Waals surface area contributed by atoms with Gasteiger partial charge in [-0.3, -0.25) is 9.48 Å². The number of hydrogen-bond donors (Lipinski definition) is 2. The van der Waals surface area contributed by atoms with E-state index in [0.29, 0.717) is 18.8 Å². The first-order valence-electron chi connectivity index (χ1n) is 14.5. The lowest BCUT2D eigenvalue weighted by atomic mass is 9.89. The number of ether oxygens (including phenoxy) is 1. The van der Waals surface area contributed by atoms with Crippen LogP contribution in [0, 0.1) is 0 Å². The van der Waals surface area contributed by atoms with Gasteiger partial charge in [0.05, 0.1) is 42.9 Å². The van der Waals surface area contributed by atoms with Gasteiger partial charge in [-0.05, 0) is 25.3 Å². The number of nitrogens with one attached hydrogen (secondary N) is 2. The predicted octanol–water partition coefficient (Wildman–Crippen LogP) is 4.24. The maximum Gasteiger partial charge on any atom is 0.407 e. The molecule has 2 aromatic heterocycles. The minimum atomic E-state index is -0.437. The first kappa shape index (κ1) is 27.0. The molecular formula is C31H37N7O3. The van der Waals surface area contributed by atoms with E-state index in [4.69, 9.17) is 9.72 Å². The highest BCUT2D eigenvalue weighted by Crippen LogP contribution is 2.35. The van der Waals surface area contributed by atoms with Crippen LogP contribution < -0.4 is 10.6 Å². The predicted molar refractivity (Wildman–Crippen MR) is 157 cm³/mol. The first-order chi connectivity index (χ1) is 20.1. The maximum atomic E-state index is 14.3. The lowest BCUT2D eigenvalue weighted by Gasteiger charge is -2.36. The van der Waals surface area contributed by atoms with E-state index >= 15 is 0 Å². The Bertz CT molecular complexity index is 1500. The van der Waals surface area contributed by atoms with Crippen molar-refractivity contribution >= 4 is 22.9 Å². The Balaban J connectivity index is 1.30. The molecule has 1 saturated heterocycles. The van der Waals surface area contributed by atoms with Gasteiger partial charge in [-0.2, -0.15) is 5.10 Å². The minimum Gasteiger partial charge on any atom is -0.453 e. The van der Waals surface area contributed by atoms with Crippen LogP contribution in [0.25, 0.3) is 22.2 Å². The average molecular weight is 556 g/mol. The molecule has 0 spiro atoms. The molecular weight excluding hydrogens is 518 g/mol. The van der Waals surface area contributed by atoms with E-state index in [9.17, 15) is 9.59 Å². The lowest BCUT2D eigenvalue weighted by molar-refractivity contribution is 0.0614. The Kier molecular flexibility index (Phi) is 8.00. The van der Waals surface area contributed by atoms with Gasteiger partial charge in [-0.1, -0.05) is 61.4 Å². The quantitative estimate of drug-likeness (QED) is 0.353. The van der Waals surface area contributed by atoms with Crippen molar-refractivity contribution in [1.82, 2.24) is 34.9 Å². The summed E-state index contributed by atoms with van der Waals surface area (Å²) in [5.41, 5.74) is 3.29. The monoisotopic (exact) mass is 555 g/mol. The SMILES string of the molecule is COC(=O)N[C@H]1CCCC[C@@H]1n1cnc(C(=O)N2CCNC[C@H]2CCn2ncc3ccccc32)c1-c1ccccc1. The highest BCUT2D eigenvalue weighted by molar-refractivity contribution is 5.98. The molecule has 2 aliphatic rings. The van der Waals surface area contributed by atoms with Gasteiger partial charge in [0.15, 0.2) is 5.69 Å². The van der Waals surface area contributed by atoms with Crippen molar-refractivity contribution < 1.29 is 14.3 Å². The summed E-state index contributed by atoms with van der Waals surface area (Å²) in [5, 5.41) is 12.2. The van der Waals surface area contributed by atoms with E-state index in [2.05, 4.69) is 32.4 Å². The van der Waals surface area contributed by atoms with Crippen molar-refractivity contribution in [2.45, 2.75) is 56.8 Å². The summed E-state index contributed by atoms with van der Waals surface area (Å²) in [7, 11) is 1.38. The van der Waals surface area contributed by atoms with Crippen LogP contribution in [0.1, 0.15) is 48.6 Å². The summed E-state index contributed by atoms with van der Waals surface area (Å²) in [6.45, 7) is 2.79. The van der Waals surface area contributed by atoms with E-state index in [1.54, 1.807) is 6.33 Å². The van der Waals surface area contributed by atoms with Crippen molar-refractivity contribution in [3.05, 3.63) is 72.8 Å². The average Bonchev–Trinajstić information content (AvgIpc) is 3.65. The fourth-order valence-electron chi connectivity index (χ4n) is 6.37. The third kappa shape index (κ3) is 5.56. The van der Waals surface area contributed by atoms with Crippen LogP contribution in [0.4, 0.5) is 4.79 Å². The number of carbonyl (C=O) groups is 2. The fourth-order valence-corrected chi connectivity index (χ4v) is 6.37. The molecule has 1 saturated carbocycles. The highest BCUT2D eigenvalue weighted by atomic mass is 16.5. The molecule has 2 amide bonds. The minimum absolute atomic E-state index is 0.0106. The second-order valence-electron chi connectivity index (χ2n) is 10.9. The van der Waals surface area contributed by atoms with E-state index in [1.807, 2.05) is 58.2 Å². The molecule has 10 heteroatoms. The summed E-state index contributed by atoms with van der Waals surface area (Å²) in [5.74, 6) is -0.0623. The standard InChI is InChI=1S/C31H37N7O3/c1-41-31(40)35-25-12-6-8-14-27(25)37-21-33-28(29(37)22-9-3-2-4-10-22)30(39)36-18-16-32-20-24(36)15-17-38-26-13-7-5-11-23(26)19-34-38/h2-5,7,9-11,13,19,21,24-25,27,32H,6,8,12,14-18,20H2,1H3,(H,35,40)/t24-,25+,27+/m1/s1. The van der Waals surface area contributed by atoms with Crippen LogP contribution in [0.5, 0.6) is 0 Å². The lowest BCUT2D eigenvalue weighted by Crippen LogP contribution is -2.54. The largest absolute Gasteiger partial charge is 0.453 e. The van der Waals surface area contributed by atoms with Gasteiger partial charge in [-0.25, -0.2) is 9.78 Å². The molecule has 41 heavy (non-hydrogen) atoms. The van der Waals surface area contributed by atoms with Crippen LogP contribution in [-0.2, 0) is 11.3 Å². The van der Waals surface area contributed by atoms with E-state index in [-0.39, 0.29) is 24.0 Å². The van der Waals surface area contributed by atoms with Crippen molar-refractivity contribution in [3.8, 4) is 11.3 Å². The van der Waals surface area contributed by atoms with Crippen molar-refractivity contribution in [2.24, 2.45) is 0 Å². The Hall–Kier alpha value is -4.18. The first-order valence-corrected chi connectivity index (χ1v) is 14.5. The number of benzene rings is 2. The molecule has 2 aromatic carbocycles. The number of rotatable bonds is 7. The Morgan fingerprint density at radius 1 is 1.07 bits per heavy atom. The number of aromatic nitrogens is 4.